The molecule has 0 unspecified atom stereocenters. The first kappa shape index (κ1) is 17.3. The Bertz CT molecular complexity index is 1120. The molecule has 26 heavy (non-hydrogen) atoms. The van der Waals surface area contributed by atoms with Crippen molar-refractivity contribution in [1.82, 2.24) is 9.97 Å². The fraction of sp³-hybridized carbons (Fsp3) is 0.0526. The lowest BCUT2D eigenvalue weighted by Crippen LogP contribution is -2.13. The Morgan fingerprint density at radius 1 is 1.00 bits per heavy atom. The zero-order chi connectivity index (χ0) is 18.7. The Kier molecular flexibility index (Phi) is 4.78. The molecule has 0 bridgehead atoms. The van der Waals surface area contributed by atoms with Crippen LogP contribution in [0.5, 0.6) is 0 Å². The molecule has 6 nitrogen and oxygen atoms in total. The Morgan fingerprint density at radius 3 is 2.08 bits per heavy atom. The minimum absolute atomic E-state index is 0.0196. The number of benzene rings is 2. The summed E-state index contributed by atoms with van der Waals surface area (Å²) < 4.78 is 4.84. The summed E-state index contributed by atoms with van der Waals surface area (Å²) in [5, 5.41) is 9.21. The average Bonchev–Trinajstić information content (AvgIpc) is 2.67. The number of ether oxygens (including phenoxy) is 1. The molecule has 2 N–H and O–H groups in total. The number of carbonyl (C=O) groups is 1. The van der Waals surface area contributed by atoms with E-state index in [4.69, 9.17) is 12.2 Å². The SMILES string of the molecule is COC(=O)c1ccc(-c2ccc(-c3[nH]c(=S)[nH]c(=O)c3C#N)cc2)cc1. The highest BCUT2D eigenvalue weighted by molar-refractivity contribution is 7.71. The topological polar surface area (TPSA) is 98.7 Å². The van der Waals surface area contributed by atoms with Crippen LogP contribution in [0.15, 0.2) is 53.3 Å². The number of rotatable bonds is 3. The van der Waals surface area contributed by atoms with Crippen LogP contribution in [0.3, 0.4) is 0 Å². The van der Waals surface area contributed by atoms with Gasteiger partial charge in [0.15, 0.2) is 4.77 Å². The van der Waals surface area contributed by atoms with Gasteiger partial charge in [0.25, 0.3) is 5.56 Å². The molecule has 0 aliphatic rings. The van der Waals surface area contributed by atoms with Crippen molar-refractivity contribution in [2.45, 2.75) is 0 Å². The largest absolute Gasteiger partial charge is 0.465 e. The van der Waals surface area contributed by atoms with E-state index in [0.717, 1.165) is 11.1 Å². The van der Waals surface area contributed by atoms with Crippen LogP contribution in [0, 0.1) is 16.1 Å². The Labute approximate surface area is 153 Å². The smallest absolute Gasteiger partial charge is 0.337 e. The summed E-state index contributed by atoms with van der Waals surface area (Å²) in [6.07, 6.45) is 0. The van der Waals surface area contributed by atoms with Crippen molar-refractivity contribution < 1.29 is 9.53 Å². The zero-order valence-corrected chi connectivity index (χ0v) is 14.5. The summed E-state index contributed by atoms with van der Waals surface area (Å²) in [6.45, 7) is 0. The van der Waals surface area contributed by atoms with Gasteiger partial charge in [0.05, 0.1) is 18.4 Å². The molecule has 1 aromatic heterocycles. The third-order valence-corrected chi connectivity index (χ3v) is 4.07. The third kappa shape index (κ3) is 3.31. The van der Waals surface area contributed by atoms with Gasteiger partial charge in [-0.25, -0.2) is 4.79 Å². The lowest BCUT2D eigenvalue weighted by molar-refractivity contribution is 0.0601. The number of H-pyrrole nitrogens is 2. The number of aromatic nitrogens is 2. The molecule has 128 valence electrons. The summed E-state index contributed by atoms with van der Waals surface area (Å²) in [5.74, 6) is -0.388. The summed E-state index contributed by atoms with van der Waals surface area (Å²) in [4.78, 5) is 28.6. The number of methoxy groups -OCH3 is 1. The van der Waals surface area contributed by atoms with Gasteiger partial charge >= 0.3 is 5.97 Å². The van der Waals surface area contributed by atoms with E-state index in [1.807, 2.05) is 30.3 Å². The maximum atomic E-state index is 11.9. The molecule has 0 radical (unpaired) electrons. The predicted octanol–water partition coefficient (Wildman–Crippen LogP) is 3.42. The standard InChI is InChI=1S/C19H13N3O3S/c1-25-18(24)14-8-4-12(5-9-14)11-2-6-13(7-3-11)16-15(10-20)17(23)22-19(26)21-16/h2-9H,1H3,(H2,21,22,23,26). The summed E-state index contributed by atoms with van der Waals surface area (Å²) in [6, 6.07) is 16.2. The molecule has 7 heteroatoms. The zero-order valence-electron chi connectivity index (χ0n) is 13.7. The van der Waals surface area contributed by atoms with Crippen molar-refractivity contribution >= 4 is 18.2 Å². The van der Waals surface area contributed by atoms with Crippen molar-refractivity contribution in [3.63, 3.8) is 0 Å². The van der Waals surface area contributed by atoms with Crippen LogP contribution in [0.2, 0.25) is 0 Å². The van der Waals surface area contributed by atoms with Crippen LogP contribution in [0.25, 0.3) is 22.4 Å². The van der Waals surface area contributed by atoms with Crippen LogP contribution in [-0.2, 0) is 4.74 Å². The normalized spacial score (nSPS) is 10.2. The van der Waals surface area contributed by atoms with Crippen LogP contribution in [-0.4, -0.2) is 23.0 Å². The van der Waals surface area contributed by atoms with Crippen molar-refractivity contribution in [3.8, 4) is 28.5 Å². The molecular formula is C19H13N3O3S. The van der Waals surface area contributed by atoms with Gasteiger partial charge in [0.2, 0.25) is 0 Å². The number of nitrogens with one attached hydrogen (secondary N) is 2. The molecule has 0 aliphatic heterocycles. The van der Waals surface area contributed by atoms with E-state index < -0.39 is 5.56 Å². The van der Waals surface area contributed by atoms with E-state index in [9.17, 15) is 14.9 Å². The van der Waals surface area contributed by atoms with Crippen molar-refractivity contribution in [2.75, 3.05) is 7.11 Å². The molecule has 1 heterocycles. The molecule has 2 aromatic carbocycles. The number of nitrogens with zero attached hydrogens (tertiary/aromatic N) is 1. The fourth-order valence-corrected chi connectivity index (χ4v) is 2.75. The highest BCUT2D eigenvalue weighted by Crippen LogP contribution is 2.25. The number of nitriles is 1. The van der Waals surface area contributed by atoms with Crippen LogP contribution in [0.1, 0.15) is 15.9 Å². The van der Waals surface area contributed by atoms with Gasteiger partial charge in [0, 0.05) is 0 Å². The van der Waals surface area contributed by atoms with Gasteiger partial charge in [-0.2, -0.15) is 5.26 Å². The van der Waals surface area contributed by atoms with Gasteiger partial charge in [0.1, 0.15) is 11.6 Å². The van der Waals surface area contributed by atoms with Crippen LogP contribution >= 0.6 is 12.2 Å². The lowest BCUT2D eigenvalue weighted by atomic mass is 10.0. The van der Waals surface area contributed by atoms with E-state index in [2.05, 4.69) is 14.7 Å². The second kappa shape index (κ2) is 7.17. The Balaban J connectivity index is 1.98. The summed E-state index contributed by atoms with van der Waals surface area (Å²) in [5.41, 5.74) is 2.84. The Morgan fingerprint density at radius 2 is 1.54 bits per heavy atom. The van der Waals surface area contributed by atoms with E-state index in [1.54, 1.807) is 24.3 Å². The third-order valence-electron chi connectivity index (χ3n) is 3.87. The average molecular weight is 363 g/mol. The van der Waals surface area contributed by atoms with Crippen molar-refractivity contribution in [1.29, 1.82) is 5.26 Å². The highest BCUT2D eigenvalue weighted by Gasteiger charge is 2.11. The first-order chi connectivity index (χ1) is 12.5. The number of hydrogen-bond donors (Lipinski definition) is 2. The maximum absolute atomic E-state index is 11.9. The Hall–Kier alpha value is -3.50. The molecule has 0 amide bonds. The monoisotopic (exact) mass is 363 g/mol. The van der Waals surface area contributed by atoms with E-state index in [0.29, 0.717) is 16.8 Å². The van der Waals surface area contributed by atoms with E-state index >= 15 is 0 Å². The molecule has 3 aromatic rings. The van der Waals surface area contributed by atoms with Gasteiger partial charge in [-0.05, 0) is 41.0 Å². The summed E-state index contributed by atoms with van der Waals surface area (Å²) in [7, 11) is 1.34. The minimum Gasteiger partial charge on any atom is -0.465 e. The van der Waals surface area contributed by atoms with Crippen molar-refractivity contribution in [3.05, 3.63) is 74.8 Å². The highest BCUT2D eigenvalue weighted by atomic mass is 32.1. The van der Waals surface area contributed by atoms with Gasteiger partial charge < -0.3 is 9.72 Å². The second-order valence-corrected chi connectivity index (χ2v) is 5.82. The molecule has 0 atom stereocenters. The van der Waals surface area contributed by atoms with Gasteiger partial charge in [-0.3, -0.25) is 9.78 Å². The number of hydrogen-bond acceptors (Lipinski definition) is 5. The predicted molar refractivity (Wildman–Crippen MR) is 99.2 cm³/mol. The fourth-order valence-electron chi connectivity index (χ4n) is 2.56. The molecule has 3 rings (SSSR count). The van der Waals surface area contributed by atoms with Crippen LogP contribution in [0.4, 0.5) is 0 Å². The molecule has 0 fully saturated rings. The lowest BCUT2D eigenvalue weighted by Gasteiger charge is -2.07. The second-order valence-electron chi connectivity index (χ2n) is 5.42. The first-order valence-corrected chi connectivity index (χ1v) is 8.00. The molecule has 0 saturated heterocycles. The number of aromatic amines is 2. The molecule has 0 saturated carbocycles. The molecular weight excluding hydrogens is 350 g/mol. The van der Waals surface area contributed by atoms with Crippen LogP contribution < -0.4 is 5.56 Å². The van der Waals surface area contributed by atoms with Gasteiger partial charge in [-0.1, -0.05) is 36.4 Å². The minimum atomic E-state index is -0.520. The first-order valence-electron chi connectivity index (χ1n) is 7.59. The van der Waals surface area contributed by atoms with Crippen molar-refractivity contribution in [2.24, 2.45) is 0 Å². The molecule has 0 spiro atoms. The number of carbonyl (C=O) groups excluding carboxylic acids is 1. The maximum Gasteiger partial charge on any atom is 0.337 e. The van der Waals surface area contributed by atoms with Gasteiger partial charge in [-0.15, -0.1) is 0 Å². The van der Waals surface area contributed by atoms with E-state index in [-0.39, 0.29) is 16.3 Å². The summed E-state index contributed by atoms with van der Waals surface area (Å²) >= 11 is 4.98. The molecule has 0 aliphatic carbocycles. The number of esters is 1. The quantitative estimate of drug-likeness (QED) is 0.549. The van der Waals surface area contributed by atoms with E-state index in [1.165, 1.54) is 7.11 Å².